The summed E-state index contributed by atoms with van der Waals surface area (Å²) < 4.78 is 36.4. The van der Waals surface area contributed by atoms with Crippen LogP contribution < -0.4 is 4.74 Å². The molecule has 0 N–H and O–H groups in total. The molecule has 0 atom stereocenters. The molecule has 166 valence electrons. The molecule has 0 bridgehead atoms. The molecular formula is C23H33NO5S. The molecule has 1 aromatic rings. The summed E-state index contributed by atoms with van der Waals surface area (Å²) in [6, 6.07) is 6.59. The molecule has 2 rings (SSSR count). The van der Waals surface area contributed by atoms with E-state index in [9.17, 15) is 13.2 Å². The van der Waals surface area contributed by atoms with E-state index in [2.05, 4.69) is 30.6 Å². The molecule has 1 saturated heterocycles. The van der Waals surface area contributed by atoms with Crippen molar-refractivity contribution in [1.29, 1.82) is 0 Å². The summed E-state index contributed by atoms with van der Waals surface area (Å²) >= 11 is 0. The standard InChI is InChI=1S/C23H33NO5S/c1-5-9-18-29-20-10-12-21(13-11-20)30(26,27)23(22(25)28-8-4)14-16-24(17-15-23)19(6-2)7-3/h10-13,19H,6-8,14-18H2,1-4H3. The molecule has 0 unspecified atom stereocenters. The van der Waals surface area contributed by atoms with Gasteiger partial charge in [0.1, 0.15) is 12.4 Å². The zero-order valence-electron chi connectivity index (χ0n) is 18.4. The molecule has 1 fully saturated rings. The van der Waals surface area contributed by atoms with Gasteiger partial charge in [0.2, 0.25) is 0 Å². The van der Waals surface area contributed by atoms with E-state index in [1.165, 1.54) is 12.1 Å². The third-order valence-corrected chi connectivity index (χ3v) is 8.34. The normalized spacial score (nSPS) is 16.6. The van der Waals surface area contributed by atoms with Crippen molar-refractivity contribution in [2.75, 3.05) is 26.3 Å². The van der Waals surface area contributed by atoms with Crippen LogP contribution in [-0.2, 0) is 19.4 Å². The van der Waals surface area contributed by atoms with Crippen LogP contribution in [0.3, 0.4) is 0 Å². The lowest BCUT2D eigenvalue weighted by molar-refractivity contribution is -0.148. The Bertz CT molecular complexity index is 855. The Morgan fingerprint density at radius 3 is 2.23 bits per heavy atom. The first-order chi connectivity index (χ1) is 14.4. The Balaban J connectivity index is 2.32. The van der Waals surface area contributed by atoms with E-state index in [0.29, 0.717) is 24.9 Å². The molecule has 0 spiro atoms. The van der Waals surface area contributed by atoms with Gasteiger partial charge in [0.05, 0.1) is 11.5 Å². The second-order valence-electron chi connectivity index (χ2n) is 7.41. The lowest BCUT2D eigenvalue weighted by Gasteiger charge is -2.42. The first-order valence-electron chi connectivity index (χ1n) is 10.6. The number of ether oxygens (including phenoxy) is 2. The number of sulfone groups is 1. The summed E-state index contributed by atoms with van der Waals surface area (Å²) in [5.74, 6) is 5.42. The van der Waals surface area contributed by atoms with Gasteiger partial charge in [-0.05, 0) is 63.8 Å². The molecule has 30 heavy (non-hydrogen) atoms. The van der Waals surface area contributed by atoms with Gasteiger partial charge in [-0.3, -0.25) is 4.79 Å². The Morgan fingerprint density at radius 2 is 1.73 bits per heavy atom. The van der Waals surface area contributed by atoms with Crippen LogP contribution in [0, 0.1) is 11.8 Å². The molecular weight excluding hydrogens is 402 g/mol. The van der Waals surface area contributed by atoms with Crippen LogP contribution in [-0.4, -0.2) is 56.4 Å². The summed E-state index contributed by atoms with van der Waals surface area (Å²) in [6.07, 6.45) is 2.46. The highest BCUT2D eigenvalue weighted by Crippen LogP contribution is 2.38. The number of nitrogens with zero attached hydrogens (tertiary/aromatic N) is 1. The van der Waals surface area contributed by atoms with E-state index in [1.54, 1.807) is 26.0 Å². The molecule has 0 radical (unpaired) electrons. The number of esters is 1. The number of carbonyl (C=O) groups is 1. The van der Waals surface area contributed by atoms with Crippen LogP contribution in [0.1, 0.15) is 53.4 Å². The fourth-order valence-electron chi connectivity index (χ4n) is 4.03. The van der Waals surface area contributed by atoms with Crippen LogP contribution in [0.4, 0.5) is 0 Å². The molecule has 0 aromatic heterocycles. The highest BCUT2D eigenvalue weighted by Gasteiger charge is 2.54. The van der Waals surface area contributed by atoms with Gasteiger partial charge in [-0.15, -0.1) is 5.92 Å². The van der Waals surface area contributed by atoms with Gasteiger partial charge in [-0.1, -0.05) is 19.8 Å². The fourth-order valence-corrected chi connectivity index (χ4v) is 5.98. The lowest BCUT2D eigenvalue weighted by Crippen LogP contribution is -2.56. The summed E-state index contributed by atoms with van der Waals surface area (Å²) in [7, 11) is -3.93. The molecule has 1 heterocycles. The highest BCUT2D eigenvalue weighted by atomic mass is 32.2. The third-order valence-electron chi connectivity index (χ3n) is 5.85. The van der Waals surface area contributed by atoms with Gasteiger partial charge in [-0.2, -0.15) is 0 Å². The molecule has 7 heteroatoms. The van der Waals surface area contributed by atoms with Crippen molar-refractivity contribution < 1.29 is 22.7 Å². The third kappa shape index (κ3) is 4.98. The topological polar surface area (TPSA) is 72.9 Å². The van der Waals surface area contributed by atoms with Crippen molar-refractivity contribution in [2.24, 2.45) is 0 Å². The van der Waals surface area contributed by atoms with Crippen molar-refractivity contribution in [3.05, 3.63) is 24.3 Å². The second-order valence-corrected chi connectivity index (χ2v) is 9.67. The Kier molecular flexibility index (Phi) is 8.75. The van der Waals surface area contributed by atoms with Crippen molar-refractivity contribution in [3.8, 4) is 17.6 Å². The van der Waals surface area contributed by atoms with Gasteiger partial charge in [-0.25, -0.2) is 8.42 Å². The highest BCUT2D eigenvalue weighted by molar-refractivity contribution is 7.93. The zero-order chi connectivity index (χ0) is 22.2. The van der Waals surface area contributed by atoms with Crippen LogP contribution in [0.25, 0.3) is 0 Å². The summed E-state index contributed by atoms with van der Waals surface area (Å²) in [5.41, 5.74) is 0. The molecule has 1 aliphatic heterocycles. The van der Waals surface area contributed by atoms with Crippen LogP contribution >= 0.6 is 0 Å². The van der Waals surface area contributed by atoms with Crippen molar-refractivity contribution >= 4 is 15.8 Å². The average Bonchev–Trinajstić information content (AvgIpc) is 2.75. The quantitative estimate of drug-likeness (QED) is 0.437. The maximum Gasteiger partial charge on any atom is 0.327 e. The maximum atomic E-state index is 13.6. The second kappa shape index (κ2) is 10.8. The van der Waals surface area contributed by atoms with Crippen molar-refractivity contribution in [3.63, 3.8) is 0 Å². The van der Waals surface area contributed by atoms with E-state index >= 15 is 0 Å². The van der Waals surface area contributed by atoms with Crippen molar-refractivity contribution in [1.82, 2.24) is 4.90 Å². The van der Waals surface area contributed by atoms with Crippen LogP contribution in [0.2, 0.25) is 0 Å². The molecule has 6 nitrogen and oxygen atoms in total. The maximum absolute atomic E-state index is 13.6. The Labute approximate surface area is 180 Å². The minimum Gasteiger partial charge on any atom is -0.481 e. The molecule has 1 aromatic carbocycles. The first-order valence-corrected chi connectivity index (χ1v) is 12.1. The number of carbonyl (C=O) groups excluding carboxylic acids is 1. The Morgan fingerprint density at radius 1 is 1.13 bits per heavy atom. The Hall–Kier alpha value is -2.04. The minimum absolute atomic E-state index is 0.112. The van der Waals surface area contributed by atoms with Crippen LogP contribution in [0.5, 0.6) is 5.75 Å². The van der Waals surface area contributed by atoms with Gasteiger partial charge in [0.15, 0.2) is 14.6 Å². The lowest BCUT2D eigenvalue weighted by atomic mass is 9.93. The molecule has 1 aliphatic rings. The van der Waals surface area contributed by atoms with E-state index in [-0.39, 0.29) is 31.0 Å². The largest absolute Gasteiger partial charge is 0.481 e. The predicted molar refractivity (Wildman–Crippen MR) is 117 cm³/mol. The molecule has 0 aliphatic carbocycles. The molecule has 0 saturated carbocycles. The number of rotatable bonds is 9. The number of hydrogen-bond acceptors (Lipinski definition) is 6. The van der Waals surface area contributed by atoms with Crippen LogP contribution in [0.15, 0.2) is 29.2 Å². The zero-order valence-corrected chi connectivity index (χ0v) is 19.3. The SMILES string of the molecule is CC#CCOc1ccc(S(=O)(=O)C2(C(=O)OCC)CCN(C(CC)CC)CC2)cc1. The molecule has 0 amide bonds. The number of likely N-dealkylation sites (tertiary alicyclic amines) is 1. The average molecular weight is 436 g/mol. The first kappa shape index (κ1) is 24.2. The van der Waals surface area contributed by atoms with Gasteiger partial charge < -0.3 is 14.4 Å². The smallest absolute Gasteiger partial charge is 0.327 e. The van der Waals surface area contributed by atoms with Gasteiger partial charge >= 0.3 is 5.97 Å². The minimum atomic E-state index is -3.93. The van der Waals surface area contributed by atoms with E-state index in [4.69, 9.17) is 9.47 Å². The number of benzene rings is 1. The van der Waals surface area contributed by atoms with Crippen molar-refractivity contribution in [2.45, 2.75) is 69.1 Å². The summed E-state index contributed by atoms with van der Waals surface area (Å²) in [6.45, 7) is 9.19. The van der Waals surface area contributed by atoms with E-state index in [1.807, 2.05) is 0 Å². The summed E-state index contributed by atoms with van der Waals surface area (Å²) in [5, 5.41) is 0. The number of hydrogen-bond donors (Lipinski definition) is 0. The van der Waals surface area contributed by atoms with Gasteiger partial charge in [0.25, 0.3) is 0 Å². The fraction of sp³-hybridized carbons (Fsp3) is 0.609. The van der Waals surface area contributed by atoms with E-state index in [0.717, 1.165) is 12.8 Å². The number of piperidine rings is 1. The van der Waals surface area contributed by atoms with Gasteiger partial charge in [0, 0.05) is 19.1 Å². The monoisotopic (exact) mass is 435 g/mol. The summed E-state index contributed by atoms with van der Waals surface area (Å²) in [4.78, 5) is 15.3. The predicted octanol–water partition coefficient (Wildman–Crippen LogP) is 3.45. The van der Waals surface area contributed by atoms with E-state index < -0.39 is 20.6 Å².